The molecule has 0 amide bonds. The zero-order chi connectivity index (χ0) is 30.0. The van der Waals surface area contributed by atoms with Gasteiger partial charge < -0.3 is 19.3 Å². The maximum atomic E-state index is 13.0. The minimum absolute atomic E-state index is 0.155. The quantitative estimate of drug-likeness (QED) is 0.166. The summed E-state index contributed by atoms with van der Waals surface area (Å²) >= 11 is 0. The van der Waals surface area contributed by atoms with Crippen molar-refractivity contribution in [3.8, 4) is 17.8 Å². The Balaban J connectivity index is 0.000000640. The maximum Gasteiger partial charge on any atom is 0.459 e. The first kappa shape index (κ1) is 33.8. The van der Waals surface area contributed by atoms with Crippen molar-refractivity contribution in [2.75, 3.05) is 13.1 Å². The van der Waals surface area contributed by atoms with Crippen LogP contribution in [-0.2, 0) is 19.7 Å². The van der Waals surface area contributed by atoms with E-state index in [-0.39, 0.29) is 24.8 Å². The Morgan fingerprint density at radius 2 is 1.39 bits per heavy atom. The van der Waals surface area contributed by atoms with Crippen molar-refractivity contribution in [3.05, 3.63) is 103 Å². The number of carbonyl (C=O) groups excluding carboxylic acids is 1. The van der Waals surface area contributed by atoms with Gasteiger partial charge in [0.15, 0.2) is 5.60 Å². The lowest BCUT2D eigenvalue weighted by Gasteiger charge is -2.36. The molecule has 4 rings (SSSR count). The van der Waals surface area contributed by atoms with Crippen molar-refractivity contribution < 1.29 is 28.6 Å². The van der Waals surface area contributed by atoms with E-state index in [9.17, 15) is 19.4 Å². The monoisotopic (exact) mass is 579 g/mol. The summed E-state index contributed by atoms with van der Waals surface area (Å²) in [6.45, 7) is 5.74. The summed E-state index contributed by atoms with van der Waals surface area (Å²) in [4.78, 5) is 23.3. The van der Waals surface area contributed by atoms with Gasteiger partial charge in [-0.3, -0.25) is 0 Å². The lowest BCUT2D eigenvalue weighted by Crippen LogP contribution is -2.44. The predicted octanol–water partition coefficient (Wildman–Crippen LogP) is 7.17. The van der Waals surface area contributed by atoms with Crippen LogP contribution >= 0.6 is 7.75 Å². The standard InChI is InChI=1S/C25H30NO6P.C6H6.C2H6/c1-2-26(33(29,30)32-23-17-10-5-11-18-23)19-12-20-31-24(27)25(28,21-13-6-3-7-14-21)22-15-8-4-9-16-22;1-2-4-6-5-3-1;1-2/h3,5-7,10-11,13-14,17-18,22,28H,2,4,8-9,15-16,19H2,1H3,(H,29,30);1-6H;1-2H3. The Kier molecular flexibility index (Phi) is 14.9. The third-order valence-electron chi connectivity index (χ3n) is 6.56. The van der Waals surface area contributed by atoms with Crippen LogP contribution in [0.25, 0.3) is 0 Å². The molecule has 0 aromatic heterocycles. The fourth-order valence-electron chi connectivity index (χ4n) is 4.46. The minimum atomic E-state index is -4.15. The van der Waals surface area contributed by atoms with E-state index < -0.39 is 19.3 Å². The average Bonchev–Trinajstić information content (AvgIpc) is 3.03. The van der Waals surface area contributed by atoms with Crippen LogP contribution in [-0.4, -0.2) is 33.7 Å². The molecule has 1 aliphatic carbocycles. The highest BCUT2D eigenvalue weighted by atomic mass is 31.2. The molecule has 3 aromatic carbocycles. The highest BCUT2D eigenvalue weighted by Gasteiger charge is 2.47. The summed E-state index contributed by atoms with van der Waals surface area (Å²) in [7, 11) is -4.15. The molecule has 3 aromatic rings. The second-order valence-corrected chi connectivity index (χ2v) is 10.9. The summed E-state index contributed by atoms with van der Waals surface area (Å²) in [6, 6.07) is 29.1. The van der Waals surface area contributed by atoms with Gasteiger partial charge in [-0.05, 0) is 36.5 Å². The lowest BCUT2D eigenvalue weighted by atomic mass is 9.73. The largest absolute Gasteiger partial charge is 0.459 e. The molecule has 1 fully saturated rings. The lowest BCUT2D eigenvalue weighted by molar-refractivity contribution is -0.168. The second kappa shape index (κ2) is 18.1. The van der Waals surface area contributed by atoms with Gasteiger partial charge in [0.2, 0.25) is 0 Å². The Morgan fingerprint density at radius 3 is 1.90 bits per heavy atom. The number of carbonyl (C=O) groups is 1. The first-order valence-corrected chi connectivity index (χ1v) is 15.7. The Labute approximate surface area is 244 Å². The van der Waals surface area contributed by atoms with Crippen LogP contribution < -0.4 is 4.52 Å². The molecule has 1 aliphatic rings. The number of esters is 1. The van der Waals surface area contributed by atoms with Crippen molar-refractivity contribution in [1.29, 1.82) is 0 Å². The summed E-state index contributed by atoms with van der Waals surface area (Å²) in [5, 5.41) is 11.5. The fraction of sp³-hybridized carbons (Fsp3) is 0.364. The summed E-state index contributed by atoms with van der Waals surface area (Å²) < 4.78 is 24.2. The van der Waals surface area contributed by atoms with E-state index in [1.54, 1.807) is 61.5 Å². The highest BCUT2D eigenvalue weighted by Crippen LogP contribution is 2.46. The predicted molar refractivity (Wildman–Crippen MR) is 163 cm³/mol. The van der Waals surface area contributed by atoms with Crippen LogP contribution in [0, 0.1) is 17.9 Å². The molecule has 2 unspecified atom stereocenters. The molecule has 0 spiro atoms. The average molecular weight is 580 g/mol. The van der Waals surface area contributed by atoms with Gasteiger partial charge in [0, 0.05) is 12.5 Å². The normalized spacial score (nSPS) is 15.7. The third-order valence-corrected chi connectivity index (χ3v) is 8.14. The van der Waals surface area contributed by atoms with Gasteiger partial charge in [-0.15, -0.1) is 0 Å². The topological polar surface area (TPSA) is 96.3 Å². The van der Waals surface area contributed by atoms with Crippen LogP contribution in [0.15, 0.2) is 97.1 Å². The smallest absolute Gasteiger partial charge is 0.413 e. The van der Waals surface area contributed by atoms with Crippen LogP contribution in [0.4, 0.5) is 0 Å². The van der Waals surface area contributed by atoms with E-state index in [4.69, 9.17) is 9.26 Å². The number of ether oxygens (including phenoxy) is 1. The van der Waals surface area contributed by atoms with Crippen molar-refractivity contribution in [2.24, 2.45) is 5.92 Å². The van der Waals surface area contributed by atoms with Crippen LogP contribution in [0.3, 0.4) is 0 Å². The molecule has 2 N–H and O–H groups in total. The number of hydrogen-bond donors (Lipinski definition) is 2. The molecule has 8 heteroatoms. The summed E-state index contributed by atoms with van der Waals surface area (Å²) in [5.74, 6) is 1.77. The second-order valence-electron chi connectivity index (χ2n) is 9.17. The molecular formula is C33H42NO6P. The first-order valence-electron chi connectivity index (χ1n) is 14.2. The highest BCUT2D eigenvalue weighted by molar-refractivity contribution is 7.50. The number of aliphatic hydroxyl groups is 1. The molecule has 0 bridgehead atoms. The van der Waals surface area contributed by atoms with Gasteiger partial charge >= 0.3 is 13.7 Å². The van der Waals surface area contributed by atoms with Crippen molar-refractivity contribution in [1.82, 2.24) is 4.67 Å². The number of nitrogens with zero attached hydrogens (tertiary/aromatic N) is 1. The van der Waals surface area contributed by atoms with Crippen LogP contribution in [0.2, 0.25) is 0 Å². The van der Waals surface area contributed by atoms with Crippen molar-refractivity contribution >= 4 is 13.7 Å². The molecule has 7 nitrogen and oxygen atoms in total. The van der Waals surface area contributed by atoms with E-state index in [1.807, 2.05) is 56.3 Å². The number of rotatable bonds is 8. The van der Waals surface area contributed by atoms with E-state index >= 15 is 0 Å². The molecule has 220 valence electrons. The molecule has 1 saturated carbocycles. The fourth-order valence-corrected chi connectivity index (χ4v) is 5.58. The van der Waals surface area contributed by atoms with Gasteiger partial charge in [0.25, 0.3) is 0 Å². The molecule has 0 aliphatic heterocycles. The third kappa shape index (κ3) is 10.5. The molecule has 2 atom stereocenters. The molecule has 0 heterocycles. The van der Waals surface area contributed by atoms with Crippen LogP contribution in [0.5, 0.6) is 5.75 Å². The molecule has 0 saturated heterocycles. The van der Waals surface area contributed by atoms with Gasteiger partial charge in [-0.25, -0.2) is 9.36 Å². The summed E-state index contributed by atoms with van der Waals surface area (Å²) in [5.41, 5.74) is -1.31. The van der Waals surface area contributed by atoms with E-state index in [2.05, 4.69) is 12.0 Å². The Morgan fingerprint density at radius 1 is 0.902 bits per heavy atom. The SMILES string of the molecule is CC.CCN(CC#COC(=O)C(O)(c1ccccc1)C1CCCCC1)P(=O)(O)Oc1ccccc1.c1ccccc1. The first-order chi connectivity index (χ1) is 19.9. The van der Waals surface area contributed by atoms with Crippen molar-refractivity contribution in [3.63, 3.8) is 0 Å². The zero-order valence-electron chi connectivity index (χ0n) is 24.2. The Hall–Kier alpha value is -3.40. The number of hydrogen-bond acceptors (Lipinski definition) is 5. The summed E-state index contributed by atoms with van der Waals surface area (Å²) in [6.07, 6.45) is 6.72. The molecule has 0 radical (unpaired) electrons. The van der Waals surface area contributed by atoms with Gasteiger partial charge in [0.05, 0.1) is 6.54 Å². The van der Waals surface area contributed by atoms with Crippen LogP contribution in [0.1, 0.15) is 58.4 Å². The Bertz CT molecular complexity index is 1210. The maximum absolute atomic E-state index is 13.0. The number of benzene rings is 3. The number of para-hydroxylation sites is 1. The molecule has 41 heavy (non-hydrogen) atoms. The molecular weight excluding hydrogens is 537 g/mol. The minimum Gasteiger partial charge on any atom is -0.413 e. The van der Waals surface area contributed by atoms with E-state index in [0.29, 0.717) is 5.56 Å². The van der Waals surface area contributed by atoms with Crippen molar-refractivity contribution in [2.45, 2.75) is 58.5 Å². The van der Waals surface area contributed by atoms with Gasteiger partial charge in [0.1, 0.15) is 11.9 Å². The zero-order valence-corrected chi connectivity index (χ0v) is 25.1. The van der Waals surface area contributed by atoms with Gasteiger partial charge in [-0.1, -0.05) is 125 Å². The van der Waals surface area contributed by atoms with E-state index in [1.165, 1.54) is 0 Å². The van der Waals surface area contributed by atoms with Gasteiger partial charge in [-0.2, -0.15) is 4.67 Å². The van der Waals surface area contributed by atoms with E-state index in [0.717, 1.165) is 36.8 Å².